The van der Waals surface area contributed by atoms with E-state index in [1.54, 1.807) is 6.33 Å². The SMILES string of the molecule is C#CCC(C)Nc1cc(C)ncn1. The molecule has 0 radical (unpaired) electrons. The predicted molar refractivity (Wildman–Crippen MR) is 53.3 cm³/mol. The van der Waals surface area contributed by atoms with Crippen LogP contribution in [0.4, 0.5) is 5.82 Å². The number of rotatable bonds is 3. The Morgan fingerprint density at radius 3 is 3.00 bits per heavy atom. The number of nitrogens with zero attached hydrogens (tertiary/aromatic N) is 2. The molecule has 1 unspecified atom stereocenters. The first kappa shape index (κ1) is 9.53. The highest BCUT2D eigenvalue weighted by Crippen LogP contribution is 2.05. The van der Waals surface area contributed by atoms with Gasteiger partial charge in [0.25, 0.3) is 0 Å². The zero-order valence-corrected chi connectivity index (χ0v) is 7.91. The smallest absolute Gasteiger partial charge is 0.129 e. The topological polar surface area (TPSA) is 37.8 Å². The summed E-state index contributed by atoms with van der Waals surface area (Å²) >= 11 is 0. The van der Waals surface area contributed by atoms with Crippen molar-refractivity contribution < 1.29 is 0 Å². The van der Waals surface area contributed by atoms with Gasteiger partial charge in [-0.05, 0) is 13.8 Å². The third-order valence-electron chi connectivity index (χ3n) is 1.62. The summed E-state index contributed by atoms with van der Waals surface area (Å²) < 4.78 is 0. The number of anilines is 1. The van der Waals surface area contributed by atoms with Gasteiger partial charge in [-0.25, -0.2) is 9.97 Å². The minimum Gasteiger partial charge on any atom is -0.367 e. The van der Waals surface area contributed by atoms with Crippen molar-refractivity contribution in [2.45, 2.75) is 26.3 Å². The van der Waals surface area contributed by atoms with Gasteiger partial charge in [-0.1, -0.05) is 0 Å². The summed E-state index contributed by atoms with van der Waals surface area (Å²) in [5, 5.41) is 3.19. The average molecular weight is 175 g/mol. The van der Waals surface area contributed by atoms with E-state index < -0.39 is 0 Å². The standard InChI is InChI=1S/C10H13N3/c1-4-5-8(2)13-10-6-9(3)11-7-12-10/h1,6-8H,5H2,2-3H3,(H,11,12,13). The van der Waals surface area contributed by atoms with Crippen molar-refractivity contribution in [2.24, 2.45) is 0 Å². The number of aromatic nitrogens is 2. The van der Waals surface area contributed by atoms with Crippen LogP contribution in [0, 0.1) is 19.3 Å². The molecule has 0 saturated heterocycles. The third kappa shape index (κ3) is 3.12. The summed E-state index contributed by atoms with van der Waals surface area (Å²) in [7, 11) is 0. The van der Waals surface area contributed by atoms with E-state index in [1.165, 1.54) is 0 Å². The Kier molecular flexibility index (Phi) is 3.27. The molecule has 0 aliphatic rings. The second-order valence-corrected chi connectivity index (χ2v) is 3.00. The molecule has 0 fully saturated rings. The second-order valence-electron chi connectivity index (χ2n) is 3.00. The van der Waals surface area contributed by atoms with E-state index in [9.17, 15) is 0 Å². The Hall–Kier alpha value is -1.56. The molecule has 3 heteroatoms. The zero-order valence-electron chi connectivity index (χ0n) is 7.91. The number of nitrogens with one attached hydrogen (secondary N) is 1. The van der Waals surface area contributed by atoms with Crippen molar-refractivity contribution in [3.05, 3.63) is 18.1 Å². The summed E-state index contributed by atoms with van der Waals surface area (Å²) in [5.41, 5.74) is 0.949. The molecule has 0 aliphatic carbocycles. The van der Waals surface area contributed by atoms with E-state index in [0.717, 1.165) is 11.5 Å². The quantitative estimate of drug-likeness (QED) is 0.709. The lowest BCUT2D eigenvalue weighted by Crippen LogP contribution is -2.15. The van der Waals surface area contributed by atoms with E-state index in [4.69, 9.17) is 6.42 Å². The van der Waals surface area contributed by atoms with Crippen molar-refractivity contribution in [1.82, 2.24) is 9.97 Å². The predicted octanol–water partition coefficient (Wildman–Crippen LogP) is 1.61. The molecule has 1 N–H and O–H groups in total. The maximum Gasteiger partial charge on any atom is 0.129 e. The fraction of sp³-hybridized carbons (Fsp3) is 0.400. The van der Waals surface area contributed by atoms with Crippen LogP contribution in [-0.2, 0) is 0 Å². The molecule has 3 nitrogen and oxygen atoms in total. The monoisotopic (exact) mass is 175 g/mol. The van der Waals surface area contributed by atoms with E-state index in [-0.39, 0.29) is 6.04 Å². The molecule has 1 atom stereocenters. The molecule has 0 saturated carbocycles. The summed E-state index contributed by atoms with van der Waals surface area (Å²) in [6.07, 6.45) is 7.43. The number of hydrogen-bond donors (Lipinski definition) is 1. The summed E-state index contributed by atoms with van der Waals surface area (Å²) in [4.78, 5) is 8.07. The molecule has 0 aromatic carbocycles. The lowest BCUT2D eigenvalue weighted by atomic mass is 10.2. The van der Waals surface area contributed by atoms with Gasteiger partial charge < -0.3 is 5.32 Å². The van der Waals surface area contributed by atoms with Gasteiger partial charge in [-0.2, -0.15) is 0 Å². The van der Waals surface area contributed by atoms with Gasteiger partial charge in [0.2, 0.25) is 0 Å². The first-order chi connectivity index (χ1) is 6.22. The van der Waals surface area contributed by atoms with Crippen LogP contribution in [0.15, 0.2) is 12.4 Å². The maximum absolute atomic E-state index is 5.19. The van der Waals surface area contributed by atoms with Crippen LogP contribution in [-0.4, -0.2) is 16.0 Å². The Labute approximate surface area is 78.6 Å². The van der Waals surface area contributed by atoms with Gasteiger partial charge >= 0.3 is 0 Å². The summed E-state index contributed by atoms with van der Waals surface area (Å²) in [6, 6.07) is 2.15. The molecular formula is C10H13N3. The van der Waals surface area contributed by atoms with Gasteiger partial charge in [-0.3, -0.25) is 0 Å². The molecular weight excluding hydrogens is 162 g/mol. The molecule has 1 aromatic rings. The second kappa shape index (κ2) is 4.46. The largest absolute Gasteiger partial charge is 0.367 e. The minimum absolute atomic E-state index is 0.249. The van der Waals surface area contributed by atoms with Crippen LogP contribution in [0.3, 0.4) is 0 Å². The lowest BCUT2D eigenvalue weighted by Gasteiger charge is -2.10. The summed E-state index contributed by atoms with van der Waals surface area (Å²) in [5.74, 6) is 3.43. The molecule has 0 spiro atoms. The van der Waals surface area contributed by atoms with Crippen LogP contribution >= 0.6 is 0 Å². The Bertz CT molecular complexity index is 314. The van der Waals surface area contributed by atoms with Gasteiger partial charge in [0.1, 0.15) is 12.1 Å². The van der Waals surface area contributed by atoms with Gasteiger partial charge in [0.15, 0.2) is 0 Å². The van der Waals surface area contributed by atoms with Crippen LogP contribution in [0.1, 0.15) is 19.0 Å². The summed E-state index contributed by atoms with van der Waals surface area (Å²) in [6.45, 7) is 3.95. The highest BCUT2D eigenvalue weighted by molar-refractivity contribution is 5.35. The molecule has 0 amide bonds. The molecule has 0 aliphatic heterocycles. The molecule has 1 aromatic heterocycles. The fourth-order valence-corrected chi connectivity index (χ4v) is 1.01. The van der Waals surface area contributed by atoms with E-state index in [1.807, 2.05) is 19.9 Å². The molecule has 68 valence electrons. The minimum atomic E-state index is 0.249. The lowest BCUT2D eigenvalue weighted by molar-refractivity contribution is 0.819. The van der Waals surface area contributed by atoms with Gasteiger partial charge in [0, 0.05) is 24.2 Å². The fourth-order valence-electron chi connectivity index (χ4n) is 1.01. The third-order valence-corrected chi connectivity index (χ3v) is 1.62. The van der Waals surface area contributed by atoms with Crippen LogP contribution in [0.2, 0.25) is 0 Å². The van der Waals surface area contributed by atoms with Gasteiger partial charge in [0.05, 0.1) is 0 Å². The average Bonchev–Trinajstić information content (AvgIpc) is 2.04. The van der Waals surface area contributed by atoms with Crippen molar-refractivity contribution in [3.63, 3.8) is 0 Å². The Balaban J connectivity index is 2.59. The Morgan fingerprint density at radius 2 is 2.38 bits per heavy atom. The molecule has 13 heavy (non-hydrogen) atoms. The van der Waals surface area contributed by atoms with Crippen LogP contribution < -0.4 is 5.32 Å². The van der Waals surface area contributed by atoms with Crippen molar-refractivity contribution in [2.75, 3.05) is 5.32 Å². The molecule has 1 heterocycles. The maximum atomic E-state index is 5.19. The van der Waals surface area contributed by atoms with E-state index in [2.05, 4.69) is 21.2 Å². The van der Waals surface area contributed by atoms with Crippen LogP contribution in [0.5, 0.6) is 0 Å². The number of terminal acetylenes is 1. The first-order valence-electron chi connectivity index (χ1n) is 4.21. The first-order valence-corrected chi connectivity index (χ1v) is 4.21. The number of hydrogen-bond acceptors (Lipinski definition) is 3. The van der Waals surface area contributed by atoms with Crippen molar-refractivity contribution in [3.8, 4) is 12.3 Å². The van der Waals surface area contributed by atoms with Crippen molar-refractivity contribution in [1.29, 1.82) is 0 Å². The van der Waals surface area contributed by atoms with Crippen molar-refractivity contribution >= 4 is 5.82 Å². The normalized spacial score (nSPS) is 11.8. The molecule has 0 bridgehead atoms. The highest BCUT2D eigenvalue weighted by atomic mass is 15.0. The molecule has 1 rings (SSSR count). The van der Waals surface area contributed by atoms with E-state index >= 15 is 0 Å². The van der Waals surface area contributed by atoms with Crippen LogP contribution in [0.25, 0.3) is 0 Å². The van der Waals surface area contributed by atoms with E-state index in [0.29, 0.717) is 6.42 Å². The number of aryl methyl sites for hydroxylation is 1. The Morgan fingerprint density at radius 1 is 1.62 bits per heavy atom. The van der Waals surface area contributed by atoms with Gasteiger partial charge in [-0.15, -0.1) is 12.3 Å². The highest BCUT2D eigenvalue weighted by Gasteiger charge is 2.00. The zero-order chi connectivity index (χ0) is 9.68.